The van der Waals surface area contributed by atoms with Crippen molar-refractivity contribution in [1.29, 1.82) is 0 Å². The molecule has 2 rings (SSSR count). The van der Waals surface area contributed by atoms with E-state index in [1.807, 2.05) is 17.2 Å². The molecule has 1 aliphatic heterocycles. The fraction of sp³-hybridized carbons (Fsp3) is 0.364. The third kappa shape index (κ3) is 1.58. The van der Waals surface area contributed by atoms with E-state index in [-0.39, 0.29) is 5.91 Å². The summed E-state index contributed by atoms with van der Waals surface area (Å²) in [7, 11) is 0. The molecule has 1 saturated heterocycles. The number of carbonyl (C=O) groups is 1. The van der Waals surface area contributed by atoms with E-state index < -0.39 is 0 Å². The molecule has 0 spiro atoms. The molecule has 3 heteroatoms. The molecule has 0 saturated carbocycles. The van der Waals surface area contributed by atoms with Gasteiger partial charge < -0.3 is 9.88 Å². The highest BCUT2D eigenvalue weighted by atomic mass is 16.2. The number of hydrogen-bond donors (Lipinski definition) is 1. The molecule has 3 nitrogen and oxygen atoms in total. The van der Waals surface area contributed by atoms with Crippen LogP contribution in [0.3, 0.4) is 0 Å². The molecular formula is C11H14N2O. The number of amides is 1. The smallest absolute Gasteiger partial charge is 0.245 e. The Balaban J connectivity index is 2.02. The van der Waals surface area contributed by atoms with Gasteiger partial charge in [0.1, 0.15) is 0 Å². The number of nitrogens with zero attached hydrogens (tertiary/aromatic N) is 1. The topological polar surface area (TPSA) is 36.1 Å². The second-order valence-corrected chi connectivity index (χ2v) is 3.60. The van der Waals surface area contributed by atoms with E-state index >= 15 is 0 Å². The van der Waals surface area contributed by atoms with Gasteiger partial charge in [0.15, 0.2) is 0 Å². The minimum atomic E-state index is 0.0408. The van der Waals surface area contributed by atoms with E-state index in [0.717, 1.165) is 19.5 Å². The molecule has 1 N–H and O–H groups in total. The summed E-state index contributed by atoms with van der Waals surface area (Å²) in [6.45, 7) is 5.15. The lowest BCUT2D eigenvalue weighted by Crippen LogP contribution is -2.26. The fourth-order valence-corrected chi connectivity index (χ4v) is 1.94. The summed E-state index contributed by atoms with van der Waals surface area (Å²) in [5, 5.41) is 0. The molecular weight excluding hydrogens is 176 g/mol. The average molecular weight is 190 g/mol. The van der Waals surface area contributed by atoms with E-state index in [0.29, 0.717) is 5.92 Å². The van der Waals surface area contributed by atoms with Gasteiger partial charge in [0.05, 0.1) is 0 Å². The summed E-state index contributed by atoms with van der Waals surface area (Å²) in [5.41, 5.74) is 1.23. The van der Waals surface area contributed by atoms with Crippen molar-refractivity contribution in [2.45, 2.75) is 12.3 Å². The van der Waals surface area contributed by atoms with Gasteiger partial charge in [0.25, 0.3) is 0 Å². The lowest BCUT2D eigenvalue weighted by atomic mass is 10.1. The maximum Gasteiger partial charge on any atom is 0.245 e. The summed E-state index contributed by atoms with van der Waals surface area (Å²) >= 11 is 0. The molecule has 1 fully saturated rings. The average Bonchev–Trinajstić information content (AvgIpc) is 2.86. The Morgan fingerprint density at radius 1 is 1.71 bits per heavy atom. The minimum absolute atomic E-state index is 0.0408. The summed E-state index contributed by atoms with van der Waals surface area (Å²) in [5.74, 6) is 0.507. The number of hydrogen-bond acceptors (Lipinski definition) is 1. The first-order valence-corrected chi connectivity index (χ1v) is 4.86. The van der Waals surface area contributed by atoms with Gasteiger partial charge >= 0.3 is 0 Å². The zero-order valence-corrected chi connectivity index (χ0v) is 8.07. The third-order valence-corrected chi connectivity index (χ3v) is 2.74. The Labute approximate surface area is 83.4 Å². The summed E-state index contributed by atoms with van der Waals surface area (Å²) < 4.78 is 0. The van der Waals surface area contributed by atoms with Gasteiger partial charge in [-0.05, 0) is 24.6 Å². The van der Waals surface area contributed by atoms with Crippen LogP contribution in [0.15, 0.2) is 31.0 Å². The minimum Gasteiger partial charge on any atom is -0.365 e. The Kier molecular flexibility index (Phi) is 2.39. The maximum atomic E-state index is 11.3. The van der Waals surface area contributed by atoms with Crippen molar-refractivity contribution in [1.82, 2.24) is 9.88 Å². The zero-order valence-electron chi connectivity index (χ0n) is 8.07. The Morgan fingerprint density at radius 2 is 2.57 bits per heavy atom. The van der Waals surface area contributed by atoms with Crippen molar-refractivity contribution in [3.63, 3.8) is 0 Å². The normalized spacial score (nSPS) is 21.1. The SMILES string of the molecule is C=CC(=O)N1CCC(c2ccc[nH]2)C1. The lowest BCUT2D eigenvalue weighted by Gasteiger charge is -2.13. The molecule has 0 bridgehead atoms. The summed E-state index contributed by atoms with van der Waals surface area (Å²) in [6.07, 6.45) is 4.35. The van der Waals surface area contributed by atoms with Crippen LogP contribution in [-0.4, -0.2) is 28.9 Å². The number of H-pyrrole nitrogens is 1. The fourth-order valence-electron chi connectivity index (χ4n) is 1.94. The van der Waals surface area contributed by atoms with E-state index in [1.54, 1.807) is 0 Å². The number of nitrogens with one attached hydrogen (secondary N) is 1. The predicted molar refractivity (Wildman–Crippen MR) is 54.9 cm³/mol. The number of likely N-dealkylation sites (tertiary alicyclic amines) is 1. The molecule has 0 aromatic carbocycles. The molecule has 1 amide bonds. The standard InChI is InChI=1S/C11H14N2O/c1-2-11(14)13-7-5-9(8-13)10-4-3-6-12-10/h2-4,6,9,12H,1,5,7-8H2. The highest BCUT2D eigenvalue weighted by Crippen LogP contribution is 2.25. The molecule has 0 aliphatic carbocycles. The molecule has 2 heterocycles. The van der Waals surface area contributed by atoms with E-state index in [4.69, 9.17) is 0 Å². The van der Waals surface area contributed by atoms with Gasteiger partial charge in [-0.25, -0.2) is 0 Å². The lowest BCUT2D eigenvalue weighted by molar-refractivity contribution is -0.125. The number of aromatic nitrogens is 1. The van der Waals surface area contributed by atoms with Crippen molar-refractivity contribution in [2.75, 3.05) is 13.1 Å². The van der Waals surface area contributed by atoms with Crippen molar-refractivity contribution in [3.05, 3.63) is 36.7 Å². The first-order valence-electron chi connectivity index (χ1n) is 4.86. The van der Waals surface area contributed by atoms with Crippen LogP contribution >= 0.6 is 0 Å². The van der Waals surface area contributed by atoms with Gasteiger partial charge in [-0.3, -0.25) is 4.79 Å². The van der Waals surface area contributed by atoms with Gasteiger partial charge in [-0.1, -0.05) is 6.58 Å². The zero-order chi connectivity index (χ0) is 9.97. The van der Waals surface area contributed by atoms with Crippen LogP contribution in [-0.2, 0) is 4.79 Å². The number of rotatable bonds is 2. The quantitative estimate of drug-likeness (QED) is 0.705. The molecule has 14 heavy (non-hydrogen) atoms. The Bertz CT molecular complexity index is 329. The van der Waals surface area contributed by atoms with Crippen molar-refractivity contribution in [2.24, 2.45) is 0 Å². The first-order chi connectivity index (χ1) is 6.81. The molecule has 74 valence electrons. The molecule has 1 unspecified atom stereocenters. The number of carbonyl (C=O) groups excluding carboxylic acids is 1. The predicted octanol–water partition coefficient (Wildman–Crippen LogP) is 1.52. The highest BCUT2D eigenvalue weighted by Gasteiger charge is 2.26. The van der Waals surface area contributed by atoms with Gasteiger partial charge in [-0.15, -0.1) is 0 Å². The number of aromatic amines is 1. The third-order valence-electron chi connectivity index (χ3n) is 2.74. The van der Waals surface area contributed by atoms with Crippen LogP contribution < -0.4 is 0 Å². The van der Waals surface area contributed by atoms with E-state index in [2.05, 4.69) is 17.6 Å². The molecule has 1 aliphatic rings. The van der Waals surface area contributed by atoms with E-state index in [1.165, 1.54) is 11.8 Å². The van der Waals surface area contributed by atoms with Crippen LogP contribution in [0.4, 0.5) is 0 Å². The largest absolute Gasteiger partial charge is 0.365 e. The van der Waals surface area contributed by atoms with Crippen molar-refractivity contribution in [3.8, 4) is 0 Å². The summed E-state index contributed by atoms with van der Waals surface area (Å²) in [4.78, 5) is 16.4. The Morgan fingerprint density at radius 3 is 3.21 bits per heavy atom. The molecule has 1 aromatic heterocycles. The van der Waals surface area contributed by atoms with Crippen LogP contribution in [0.1, 0.15) is 18.0 Å². The van der Waals surface area contributed by atoms with Crippen molar-refractivity contribution >= 4 is 5.91 Å². The van der Waals surface area contributed by atoms with Gasteiger partial charge in [-0.2, -0.15) is 0 Å². The van der Waals surface area contributed by atoms with Crippen LogP contribution in [0, 0.1) is 0 Å². The van der Waals surface area contributed by atoms with Crippen molar-refractivity contribution < 1.29 is 4.79 Å². The second-order valence-electron chi connectivity index (χ2n) is 3.60. The summed E-state index contributed by atoms with van der Waals surface area (Å²) in [6, 6.07) is 4.07. The highest BCUT2D eigenvalue weighted by molar-refractivity contribution is 5.87. The van der Waals surface area contributed by atoms with Gasteiger partial charge in [0.2, 0.25) is 5.91 Å². The van der Waals surface area contributed by atoms with Crippen LogP contribution in [0.25, 0.3) is 0 Å². The first kappa shape index (κ1) is 9.06. The van der Waals surface area contributed by atoms with Crippen LogP contribution in [0.5, 0.6) is 0 Å². The van der Waals surface area contributed by atoms with E-state index in [9.17, 15) is 4.79 Å². The van der Waals surface area contributed by atoms with Gasteiger partial charge in [0, 0.05) is 30.9 Å². The Hall–Kier alpha value is -1.51. The molecule has 1 aromatic rings. The maximum absolute atomic E-state index is 11.3. The molecule has 1 atom stereocenters. The monoisotopic (exact) mass is 190 g/mol. The second kappa shape index (κ2) is 3.70. The molecule has 0 radical (unpaired) electrons. The van der Waals surface area contributed by atoms with Crippen LogP contribution in [0.2, 0.25) is 0 Å².